The normalized spacial score (nSPS) is 21.4. The Bertz CT molecular complexity index is 589. The minimum absolute atomic E-state index is 0.243. The molecule has 20 heavy (non-hydrogen) atoms. The van der Waals surface area contributed by atoms with Gasteiger partial charge in [0.25, 0.3) is 0 Å². The van der Waals surface area contributed by atoms with Crippen molar-refractivity contribution in [3.63, 3.8) is 0 Å². The van der Waals surface area contributed by atoms with E-state index in [1.54, 1.807) is 0 Å². The number of rotatable bonds is 3. The number of pyridine rings is 1. The summed E-state index contributed by atoms with van der Waals surface area (Å²) in [6.45, 7) is 6.88. The Kier molecular flexibility index (Phi) is 3.35. The van der Waals surface area contributed by atoms with Crippen molar-refractivity contribution in [3.05, 3.63) is 65.5 Å². The van der Waals surface area contributed by atoms with Crippen molar-refractivity contribution in [1.29, 1.82) is 0 Å². The number of hydrogen-bond acceptors (Lipinski definition) is 2. The molecule has 0 fully saturated rings. The van der Waals surface area contributed by atoms with E-state index >= 15 is 0 Å². The first kappa shape index (κ1) is 13.3. The van der Waals surface area contributed by atoms with Crippen LogP contribution < -0.4 is 5.32 Å². The standard InChI is InChI=1S/C18H22N2/c1-13(16-10-6-7-11-19-16)20-17-15-9-5-4-8-14(15)12-18(17,2)3/h4-11,13,17,20H,12H2,1-3H3. The minimum atomic E-state index is 0.243. The number of benzene rings is 1. The van der Waals surface area contributed by atoms with E-state index in [9.17, 15) is 0 Å². The third-order valence-corrected chi connectivity index (χ3v) is 4.34. The van der Waals surface area contributed by atoms with Crippen molar-refractivity contribution < 1.29 is 0 Å². The average Bonchev–Trinajstić information content (AvgIpc) is 2.70. The molecule has 2 nitrogen and oxygen atoms in total. The van der Waals surface area contributed by atoms with Crippen LogP contribution in [0.5, 0.6) is 0 Å². The maximum absolute atomic E-state index is 4.46. The maximum Gasteiger partial charge on any atom is 0.0570 e. The zero-order valence-corrected chi connectivity index (χ0v) is 12.4. The van der Waals surface area contributed by atoms with Crippen LogP contribution in [-0.2, 0) is 6.42 Å². The van der Waals surface area contributed by atoms with Gasteiger partial charge in [0.2, 0.25) is 0 Å². The third-order valence-electron chi connectivity index (χ3n) is 4.34. The molecule has 2 aromatic rings. The molecule has 0 amide bonds. The first-order chi connectivity index (χ1) is 9.58. The van der Waals surface area contributed by atoms with Crippen molar-refractivity contribution in [2.75, 3.05) is 0 Å². The molecule has 3 rings (SSSR count). The lowest BCUT2D eigenvalue weighted by Gasteiger charge is -2.31. The van der Waals surface area contributed by atoms with Crippen LogP contribution in [0.15, 0.2) is 48.7 Å². The average molecular weight is 266 g/mol. The molecule has 1 aromatic carbocycles. The molecule has 1 aromatic heterocycles. The summed E-state index contributed by atoms with van der Waals surface area (Å²) in [7, 11) is 0. The second-order valence-corrected chi connectivity index (χ2v) is 6.44. The van der Waals surface area contributed by atoms with Crippen LogP contribution in [0.4, 0.5) is 0 Å². The molecule has 2 atom stereocenters. The Morgan fingerprint density at radius 2 is 1.90 bits per heavy atom. The summed E-state index contributed by atoms with van der Waals surface area (Å²) >= 11 is 0. The molecule has 2 unspecified atom stereocenters. The SMILES string of the molecule is CC(NC1c2ccccc2CC1(C)C)c1ccccn1. The lowest BCUT2D eigenvalue weighted by atomic mass is 9.85. The van der Waals surface area contributed by atoms with Gasteiger partial charge in [0.1, 0.15) is 0 Å². The second kappa shape index (κ2) is 5.02. The largest absolute Gasteiger partial charge is 0.301 e. The molecule has 1 aliphatic carbocycles. The van der Waals surface area contributed by atoms with Gasteiger partial charge in [-0.1, -0.05) is 44.2 Å². The highest BCUT2D eigenvalue weighted by Crippen LogP contribution is 2.45. The van der Waals surface area contributed by atoms with E-state index in [4.69, 9.17) is 0 Å². The van der Waals surface area contributed by atoms with E-state index in [-0.39, 0.29) is 11.5 Å². The number of nitrogens with one attached hydrogen (secondary N) is 1. The van der Waals surface area contributed by atoms with Gasteiger partial charge in [-0.25, -0.2) is 0 Å². The van der Waals surface area contributed by atoms with Crippen molar-refractivity contribution in [2.24, 2.45) is 5.41 Å². The third kappa shape index (κ3) is 2.36. The Balaban J connectivity index is 1.86. The van der Waals surface area contributed by atoms with Crippen LogP contribution in [0, 0.1) is 5.41 Å². The monoisotopic (exact) mass is 266 g/mol. The fraction of sp³-hybridized carbons (Fsp3) is 0.389. The van der Waals surface area contributed by atoms with Crippen molar-refractivity contribution in [2.45, 2.75) is 39.3 Å². The zero-order chi connectivity index (χ0) is 14.2. The molecule has 104 valence electrons. The van der Waals surface area contributed by atoms with E-state index in [1.807, 2.05) is 18.3 Å². The summed E-state index contributed by atoms with van der Waals surface area (Å²) in [6, 6.07) is 15.5. The van der Waals surface area contributed by atoms with E-state index in [1.165, 1.54) is 11.1 Å². The number of nitrogens with zero attached hydrogens (tertiary/aromatic N) is 1. The van der Waals surface area contributed by atoms with E-state index in [2.05, 4.69) is 61.4 Å². The maximum atomic E-state index is 4.46. The van der Waals surface area contributed by atoms with Gasteiger partial charge in [0.05, 0.1) is 5.69 Å². The Morgan fingerprint density at radius 3 is 2.65 bits per heavy atom. The molecule has 1 heterocycles. The zero-order valence-electron chi connectivity index (χ0n) is 12.4. The second-order valence-electron chi connectivity index (χ2n) is 6.44. The Labute approximate surface area is 121 Å². The molecule has 1 N–H and O–H groups in total. The minimum Gasteiger partial charge on any atom is -0.301 e. The highest BCUT2D eigenvalue weighted by molar-refractivity contribution is 5.37. The number of fused-ring (bicyclic) bond motifs is 1. The fourth-order valence-electron chi connectivity index (χ4n) is 3.27. The van der Waals surface area contributed by atoms with Crippen molar-refractivity contribution in [1.82, 2.24) is 10.3 Å². The smallest absolute Gasteiger partial charge is 0.0570 e. The molecule has 0 spiro atoms. The summed E-state index contributed by atoms with van der Waals surface area (Å²) in [5.41, 5.74) is 4.27. The summed E-state index contributed by atoms with van der Waals surface area (Å²) < 4.78 is 0. The van der Waals surface area contributed by atoms with Crippen molar-refractivity contribution >= 4 is 0 Å². The van der Waals surface area contributed by atoms with Crippen LogP contribution in [0.3, 0.4) is 0 Å². The topological polar surface area (TPSA) is 24.9 Å². The summed E-state index contributed by atoms with van der Waals surface area (Å²) in [5.74, 6) is 0. The fourth-order valence-corrected chi connectivity index (χ4v) is 3.27. The van der Waals surface area contributed by atoms with Gasteiger partial charge in [0, 0.05) is 18.3 Å². The highest BCUT2D eigenvalue weighted by atomic mass is 15.0. The van der Waals surface area contributed by atoms with Gasteiger partial charge in [-0.05, 0) is 42.0 Å². The first-order valence-corrected chi connectivity index (χ1v) is 7.33. The van der Waals surface area contributed by atoms with E-state index < -0.39 is 0 Å². The molecule has 0 radical (unpaired) electrons. The van der Waals surface area contributed by atoms with E-state index in [0.717, 1.165) is 12.1 Å². The van der Waals surface area contributed by atoms with Crippen LogP contribution in [0.25, 0.3) is 0 Å². The van der Waals surface area contributed by atoms with Gasteiger partial charge in [-0.3, -0.25) is 4.98 Å². The van der Waals surface area contributed by atoms with Crippen LogP contribution >= 0.6 is 0 Å². The molecule has 0 saturated carbocycles. The van der Waals surface area contributed by atoms with Gasteiger partial charge in [-0.2, -0.15) is 0 Å². The van der Waals surface area contributed by atoms with Gasteiger partial charge in [0.15, 0.2) is 0 Å². The van der Waals surface area contributed by atoms with Crippen LogP contribution in [-0.4, -0.2) is 4.98 Å². The summed E-state index contributed by atoms with van der Waals surface area (Å²) in [6.07, 6.45) is 3.00. The van der Waals surface area contributed by atoms with Gasteiger partial charge < -0.3 is 5.32 Å². The molecular weight excluding hydrogens is 244 g/mol. The lowest BCUT2D eigenvalue weighted by Crippen LogP contribution is -2.33. The van der Waals surface area contributed by atoms with Crippen molar-refractivity contribution in [3.8, 4) is 0 Å². The molecule has 0 saturated heterocycles. The lowest BCUT2D eigenvalue weighted by molar-refractivity contribution is 0.251. The van der Waals surface area contributed by atoms with Crippen LogP contribution in [0.1, 0.15) is 49.7 Å². The highest BCUT2D eigenvalue weighted by Gasteiger charge is 2.39. The quantitative estimate of drug-likeness (QED) is 0.906. The molecule has 0 bridgehead atoms. The van der Waals surface area contributed by atoms with Gasteiger partial charge in [-0.15, -0.1) is 0 Å². The molecule has 1 aliphatic rings. The Morgan fingerprint density at radius 1 is 1.15 bits per heavy atom. The number of aromatic nitrogens is 1. The van der Waals surface area contributed by atoms with E-state index in [0.29, 0.717) is 6.04 Å². The first-order valence-electron chi connectivity index (χ1n) is 7.33. The summed E-state index contributed by atoms with van der Waals surface area (Å²) in [4.78, 5) is 4.46. The number of hydrogen-bond donors (Lipinski definition) is 1. The molecule has 0 aliphatic heterocycles. The summed E-state index contributed by atoms with van der Waals surface area (Å²) in [5, 5.41) is 3.78. The predicted molar refractivity (Wildman–Crippen MR) is 82.5 cm³/mol. The molecular formula is C18H22N2. The Hall–Kier alpha value is -1.67. The van der Waals surface area contributed by atoms with Gasteiger partial charge >= 0.3 is 0 Å². The predicted octanol–water partition coefficient (Wildman–Crippen LogP) is 4.06. The molecule has 2 heteroatoms. The van der Waals surface area contributed by atoms with Crippen LogP contribution in [0.2, 0.25) is 0 Å².